The van der Waals surface area contributed by atoms with E-state index in [1.165, 1.54) is 32.4 Å². The molecule has 0 bridgehead atoms. The van der Waals surface area contributed by atoms with Crippen LogP contribution in [0.5, 0.6) is 0 Å². The molecule has 0 saturated carbocycles. The highest BCUT2D eigenvalue weighted by Crippen LogP contribution is 2.17. The Hall–Kier alpha value is -0.860. The summed E-state index contributed by atoms with van der Waals surface area (Å²) in [6.45, 7) is 3.44. The average Bonchev–Trinajstić information content (AvgIpc) is 2.38. The number of rotatable bonds is 4. The maximum atomic E-state index is 10.0. The molecule has 0 spiro atoms. The standard InChI is InChI=1S/C14H21NO/c16-14(13-7-3-1-4-8-13)9-12-15-10-5-2-6-11-15/h1,3-4,7-8,14,16H,2,5-6,9-12H2/q+1. The first-order valence-electron chi connectivity index (χ1n) is 6.31. The van der Waals surface area contributed by atoms with E-state index in [9.17, 15) is 5.11 Å². The highest BCUT2D eigenvalue weighted by atomic mass is 16.3. The van der Waals surface area contributed by atoms with Crippen molar-refractivity contribution in [2.45, 2.75) is 31.8 Å². The topological polar surface area (TPSA) is 26.1 Å². The first kappa shape index (κ1) is 11.6. The molecule has 1 unspecified atom stereocenters. The predicted molar refractivity (Wildman–Crippen MR) is 66.6 cm³/mol. The summed E-state index contributed by atoms with van der Waals surface area (Å²) in [7, 11) is 0. The fourth-order valence-corrected chi connectivity index (χ4v) is 2.33. The zero-order chi connectivity index (χ0) is 11.2. The van der Waals surface area contributed by atoms with E-state index in [-0.39, 0.29) is 6.10 Å². The number of likely N-dealkylation sites (tertiary alicyclic amines) is 1. The SMILES string of the molecule is OC(CC[N+]1CCCCC1)c1ccccc1. The van der Waals surface area contributed by atoms with Crippen molar-refractivity contribution in [3.8, 4) is 0 Å². The minimum Gasteiger partial charge on any atom is -0.388 e. The quantitative estimate of drug-likeness (QED) is 0.773. The predicted octanol–water partition coefficient (Wildman–Crippen LogP) is 2.43. The second-order valence-electron chi connectivity index (χ2n) is 4.62. The number of hydrogen-bond acceptors (Lipinski definition) is 2. The maximum Gasteiger partial charge on any atom is 0.125 e. The summed E-state index contributed by atoms with van der Waals surface area (Å²) in [4.78, 5) is 2.47. The largest absolute Gasteiger partial charge is 0.388 e. The third-order valence-corrected chi connectivity index (χ3v) is 3.35. The van der Waals surface area contributed by atoms with Crippen molar-refractivity contribution < 1.29 is 5.11 Å². The molecular formula is C14H21NO+. The van der Waals surface area contributed by atoms with Crippen molar-refractivity contribution in [2.75, 3.05) is 19.6 Å². The number of nitrogens with zero attached hydrogens (tertiary/aromatic N) is 1. The van der Waals surface area contributed by atoms with Crippen molar-refractivity contribution in [1.29, 1.82) is 0 Å². The molecule has 16 heavy (non-hydrogen) atoms. The van der Waals surface area contributed by atoms with Crippen LogP contribution in [0.4, 0.5) is 0 Å². The highest BCUT2D eigenvalue weighted by molar-refractivity contribution is 5.17. The molecule has 1 fully saturated rings. The van der Waals surface area contributed by atoms with Gasteiger partial charge in [-0.2, -0.15) is 4.90 Å². The Balaban J connectivity index is 1.77. The molecule has 1 radical (unpaired) electrons. The zero-order valence-corrected chi connectivity index (χ0v) is 9.81. The van der Waals surface area contributed by atoms with Crippen molar-refractivity contribution in [3.63, 3.8) is 0 Å². The van der Waals surface area contributed by atoms with Gasteiger partial charge in [-0.1, -0.05) is 30.3 Å². The van der Waals surface area contributed by atoms with Crippen LogP contribution in [0.3, 0.4) is 0 Å². The van der Waals surface area contributed by atoms with Crippen LogP contribution in [0.25, 0.3) is 0 Å². The van der Waals surface area contributed by atoms with Gasteiger partial charge in [0.25, 0.3) is 0 Å². The third-order valence-electron chi connectivity index (χ3n) is 3.35. The molecule has 1 atom stereocenters. The van der Waals surface area contributed by atoms with Crippen LogP contribution in [-0.2, 0) is 0 Å². The number of piperidine rings is 1. The summed E-state index contributed by atoms with van der Waals surface area (Å²) in [6.07, 6.45) is 4.56. The summed E-state index contributed by atoms with van der Waals surface area (Å²) in [6, 6.07) is 9.96. The molecule has 1 aliphatic rings. The van der Waals surface area contributed by atoms with E-state index in [4.69, 9.17) is 0 Å². The van der Waals surface area contributed by atoms with Gasteiger partial charge in [-0.3, -0.25) is 0 Å². The molecule has 0 aliphatic carbocycles. The van der Waals surface area contributed by atoms with Crippen LogP contribution >= 0.6 is 0 Å². The molecule has 2 rings (SSSR count). The van der Waals surface area contributed by atoms with Crippen LogP contribution in [0, 0.1) is 0 Å². The summed E-state index contributed by atoms with van der Waals surface area (Å²) in [5.41, 5.74) is 1.04. The smallest absolute Gasteiger partial charge is 0.125 e. The Kier molecular flexibility index (Phi) is 4.37. The van der Waals surface area contributed by atoms with Crippen molar-refractivity contribution in [3.05, 3.63) is 35.9 Å². The first-order chi connectivity index (χ1) is 7.86. The molecule has 0 aromatic heterocycles. The fraction of sp³-hybridized carbons (Fsp3) is 0.571. The lowest BCUT2D eigenvalue weighted by Gasteiger charge is -2.18. The molecule has 0 amide bonds. The van der Waals surface area contributed by atoms with E-state index in [1.807, 2.05) is 30.3 Å². The van der Waals surface area contributed by atoms with Gasteiger partial charge in [-0.25, -0.2) is 0 Å². The van der Waals surface area contributed by atoms with Gasteiger partial charge in [-0.15, -0.1) is 0 Å². The van der Waals surface area contributed by atoms with Gasteiger partial charge in [0.15, 0.2) is 0 Å². The van der Waals surface area contributed by atoms with E-state index >= 15 is 0 Å². The molecule has 1 aromatic carbocycles. The highest BCUT2D eigenvalue weighted by Gasteiger charge is 2.20. The van der Waals surface area contributed by atoms with Crippen molar-refractivity contribution in [1.82, 2.24) is 4.90 Å². The monoisotopic (exact) mass is 219 g/mol. The second kappa shape index (κ2) is 6.02. The summed E-state index contributed by atoms with van der Waals surface area (Å²) >= 11 is 0. The Bertz CT molecular complexity index is 293. The minimum atomic E-state index is -0.303. The van der Waals surface area contributed by atoms with Crippen LogP contribution in [0.1, 0.15) is 37.4 Å². The molecule has 2 nitrogen and oxygen atoms in total. The molecular weight excluding hydrogens is 198 g/mol. The molecule has 1 aromatic rings. The summed E-state index contributed by atoms with van der Waals surface area (Å²) < 4.78 is 0. The molecule has 1 heterocycles. The third kappa shape index (κ3) is 3.32. The normalized spacial score (nSPS) is 19.6. The van der Waals surface area contributed by atoms with E-state index in [2.05, 4.69) is 4.90 Å². The van der Waals surface area contributed by atoms with Crippen LogP contribution in [0.2, 0.25) is 0 Å². The Morgan fingerprint density at radius 2 is 1.75 bits per heavy atom. The van der Waals surface area contributed by atoms with Gasteiger partial charge < -0.3 is 5.11 Å². The lowest BCUT2D eigenvalue weighted by molar-refractivity contribution is 0.155. The lowest BCUT2D eigenvalue weighted by Crippen LogP contribution is -2.36. The minimum absolute atomic E-state index is 0.303. The molecule has 87 valence electrons. The Morgan fingerprint density at radius 3 is 2.44 bits per heavy atom. The molecule has 1 saturated heterocycles. The Morgan fingerprint density at radius 1 is 1.06 bits per heavy atom. The first-order valence-corrected chi connectivity index (χ1v) is 6.31. The zero-order valence-electron chi connectivity index (χ0n) is 9.81. The van der Waals surface area contributed by atoms with Crippen molar-refractivity contribution >= 4 is 0 Å². The van der Waals surface area contributed by atoms with Crippen molar-refractivity contribution in [2.24, 2.45) is 0 Å². The molecule has 1 N–H and O–H groups in total. The van der Waals surface area contributed by atoms with E-state index < -0.39 is 0 Å². The van der Waals surface area contributed by atoms with Crippen LogP contribution < -0.4 is 4.90 Å². The summed E-state index contributed by atoms with van der Waals surface area (Å²) in [5.74, 6) is 0. The molecule has 2 heteroatoms. The van der Waals surface area contributed by atoms with Crippen LogP contribution in [-0.4, -0.2) is 24.7 Å². The van der Waals surface area contributed by atoms with Gasteiger partial charge in [0.05, 0.1) is 6.10 Å². The van der Waals surface area contributed by atoms with Crippen LogP contribution in [0.15, 0.2) is 30.3 Å². The lowest BCUT2D eigenvalue weighted by atomic mass is 10.1. The van der Waals surface area contributed by atoms with E-state index in [1.54, 1.807) is 0 Å². The maximum absolute atomic E-state index is 10.0. The number of aliphatic hydroxyl groups excluding tert-OH is 1. The van der Waals surface area contributed by atoms with Gasteiger partial charge in [-0.05, 0) is 12.0 Å². The fourth-order valence-electron chi connectivity index (χ4n) is 2.33. The van der Waals surface area contributed by atoms with Gasteiger partial charge >= 0.3 is 0 Å². The van der Waals surface area contributed by atoms with E-state index in [0.29, 0.717) is 0 Å². The molecule has 1 aliphatic heterocycles. The van der Waals surface area contributed by atoms with Gasteiger partial charge in [0.1, 0.15) is 19.6 Å². The van der Waals surface area contributed by atoms with Gasteiger partial charge in [0.2, 0.25) is 0 Å². The number of benzene rings is 1. The number of aliphatic hydroxyl groups is 1. The Labute approximate surface area is 97.9 Å². The number of hydrogen-bond donors (Lipinski definition) is 1. The van der Waals surface area contributed by atoms with E-state index in [0.717, 1.165) is 18.5 Å². The van der Waals surface area contributed by atoms with Gasteiger partial charge in [0, 0.05) is 19.3 Å². The second-order valence-corrected chi connectivity index (χ2v) is 4.62. The summed E-state index contributed by atoms with van der Waals surface area (Å²) in [5, 5.41) is 10.0. The average molecular weight is 219 g/mol.